The Kier molecular flexibility index (Phi) is 5.03. The summed E-state index contributed by atoms with van der Waals surface area (Å²) in [5.41, 5.74) is 7.16. The van der Waals surface area contributed by atoms with E-state index in [1.165, 1.54) is 0 Å². The van der Waals surface area contributed by atoms with Crippen molar-refractivity contribution in [3.8, 4) is 5.75 Å². The zero-order valence-corrected chi connectivity index (χ0v) is 14.0. The highest BCUT2D eigenvalue weighted by molar-refractivity contribution is 6.35. The number of benzene rings is 2. The fourth-order valence-electron chi connectivity index (χ4n) is 1.99. The summed E-state index contributed by atoms with van der Waals surface area (Å²) in [6.45, 7) is 0.351. The summed E-state index contributed by atoms with van der Waals surface area (Å²) in [7, 11) is 0. The van der Waals surface area contributed by atoms with E-state index in [2.05, 4.69) is 10.2 Å². The van der Waals surface area contributed by atoms with Crippen molar-refractivity contribution in [3.05, 3.63) is 69.5 Å². The molecule has 0 radical (unpaired) electrons. The summed E-state index contributed by atoms with van der Waals surface area (Å²) in [5, 5.41) is 8.52. The first kappa shape index (κ1) is 16.4. The maximum atomic E-state index is 6.14. The van der Waals surface area contributed by atoms with Crippen molar-refractivity contribution >= 4 is 41.4 Å². The second kappa shape index (κ2) is 7.38. The lowest BCUT2D eigenvalue weighted by molar-refractivity contribution is 0.306. The SMILES string of the molecule is Nc1nnc(/C=C/c2cccc(OCc3ccc(Cl)cc3Cl)c2)o1. The van der Waals surface area contributed by atoms with Gasteiger partial charge in [-0.3, -0.25) is 0 Å². The molecule has 122 valence electrons. The average Bonchev–Trinajstić information content (AvgIpc) is 2.98. The second-order valence-corrected chi connectivity index (χ2v) is 5.75. The topological polar surface area (TPSA) is 74.2 Å². The monoisotopic (exact) mass is 361 g/mol. The molecular formula is C17H13Cl2N3O2. The van der Waals surface area contributed by atoms with E-state index >= 15 is 0 Å². The molecule has 0 aliphatic carbocycles. The van der Waals surface area contributed by atoms with Crippen LogP contribution in [0.2, 0.25) is 10.0 Å². The van der Waals surface area contributed by atoms with E-state index in [0.717, 1.165) is 11.1 Å². The molecule has 0 saturated carbocycles. The van der Waals surface area contributed by atoms with Crippen molar-refractivity contribution in [2.45, 2.75) is 6.61 Å². The maximum Gasteiger partial charge on any atom is 0.313 e. The minimum atomic E-state index is 0.0339. The molecule has 3 rings (SSSR count). The van der Waals surface area contributed by atoms with Gasteiger partial charge in [-0.05, 0) is 35.9 Å². The maximum absolute atomic E-state index is 6.14. The van der Waals surface area contributed by atoms with Gasteiger partial charge in [0.05, 0.1) is 0 Å². The predicted molar refractivity (Wildman–Crippen MR) is 94.9 cm³/mol. The van der Waals surface area contributed by atoms with Crippen LogP contribution in [0.4, 0.5) is 6.01 Å². The van der Waals surface area contributed by atoms with Crippen LogP contribution < -0.4 is 10.5 Å². The first-order valence-electron chi connectivity index (χ1n) is 7.04. The van der Waals surface area contributed by atoms with Crippen molar-refractivity contribution in [3.63, 3.8) is 0 Å². The smallest absolute Gasteiger partial charge is 0.313 e. The Hall–Kier alpha value is -2.50. The van der Waals surface area contributed by atoms with Crippen molar-refractivity contribution in [2.75, 3.05) is 5.73 Å². The Labute approximate surface area is 148 Å². The minimum absolute atomic E-state index is 0.0339. The molecular weight excluding hydrogens is 349 g/mol. The average molecular weight is 362 g/mol. The van der Waals surface area contributed by atoms with Gasteiger partial charge in [0.15, 0.2) is 0 Å². The van der Waals surface area contributed by atoms with Gasteiger partial charge >= 0.3 is 6.01 Å². The van der Waals surface area contributed by atoms with Crippen LogP contribution in [0.5, 0.6) is 5.75 Å². The third-order valence-corrected chi connectivity index (χ3v) is 3.73. The fraction of sp³-hybridized carbons (Fsp3) is 0.0588. The van der Waals surface area contributed by atoms with Gasteiger partial charge in [0.25, 0.3) is 0 Å². The fourth-order valence-corrected chi connectivity index (χ4v) is 2.45. The first-order chi connectivity index (χ1) is 11.6. The number of nitrogen functional groups attached to an aromatic ring is 1. The van der Waals surface area contributed by atoms with Crippen molar-refractivity contribution in [1.82, 2.24) is 10.2 Å². The molecule has 0 atom stereocenters. The number of rotatable bonds is 5. The van der Waals surface area contributed by atoms with Gasteiger partial charge < -0.3 is 14.9 Å². The molecule has 0 fully saturated rings. The number of aromatic nitrogens is 2. The summed E-state index contributed by atoms with van der Waals surface area (Å²) in [5.74, 6) is 1.06. The summed E-state index contributed by atoms with van der Waals surface area (Å²) in [6, 6.07) is 12.9. The Bertz CT molecular complexity index is 878. The first-order valence-corrected chi connectivity index (χ1v) is 7.79. The summed E-state index contributed by atoms with van der Waals surface area (Å²) in [6.07, 6.45) is 3.51. The van der Waals surface area contributed by atoms with Crippen molar-refractivity contribution < 1.29 is 9.15 Å². The normalized spacial score (nSPS) is 11.1. The summed E-state index contributed by atoms with van der Waals surface area (Å²) < 4.78 is 10.9. The molecule has 7 heteroatoms. The van der Waals surface area contributed by atoms with E-state index in [-0.39, 0.29) is 6.01 Å². The molecule has 0 unspecified atom stereocenters. The molecule has 1 aromatic heterocycles. The lowest BCUT2D eigenvalue weighted by Gasteiger charge is -2.08. The summed E-state index contributed by atoms with van der Waals surface area (Å²) >= 11 is 12.0. The quantitative estimate of drug-likeness (QED) is 0.712. The molecule has 0 saturated heterocycles. The molecule has 0 aliphatic rings. The molecule has 2 aromatic carbocycles. The van der Waals surface area contributed by atoms with Gasteiger partial charge in [-0.15, -0.1) is 5.10 Å². The van der Waals surface area contributed by atoms with Crippen LogP contribution in [0.3, 0.4) is 0 Å². The highest BCUT2D eigenvalue weighted by atomic mass is 35.5. The van der Waals surface area contributed by atoms with Crippen molar-refractivity contribution in [1.29, 1.82) is 0 Å². The molecule has 0 amide bonds. The van der Waals surface area contributed by atoms with Crippen LogP contribution >= 0.6 is 23.2 Å². The summed E-state index contributed by atoms with van der Waals surface area (Å²) in [4.78, 5) is 0. The number of nitrogens with two attached hydrogens (primary N) is 1. The number of hydrogen-bond acceptors (Lipinski definition) is 5. The third kappa shape index (κ3) is 4.28. The lowest BCUT2D eigenvalue weighted by atomic mass is 10.2. The minimum Gasteiger partial charge on any atom is -0.489 e. The van der Waals surface area contributed by atoms with Crippen LogP contribution in [-0.4, -0.2) is 10.2 Å². The van der Waals surface area contributed by atoms with Gasteiger partial charge in [-0.25, -0.2) is 0 Å². The van der Waals surface area contributed by atoms with Gasteiger partial charge in [0.2, 0.25) is 5.89 Å². The van der Waals surface area contributed by atoms with Gasteiger partial charge in [0, 0.05) is 21.7 Å². The molecule has 2 N–H and O–H groups in total. The molecule has 0 bridgehead atoms. The van der Waals surface area contributed by atoms with Crippen LogP contribution in [0.15, 0.2) is 46.9 Å². The zero-order valence-electron chi connectivity index (χ0n) is 12.4. The zero-order chi connectivity index (χ0) is 16.9. The highest BCUT2D eigenvalue weighted by Gasteiger charge is 2.03. The van der Waals surface area contributed by atoms with E-state index in [1.54, 1.807) is 18.2 Å². The number of anilines is 1. The van der Waals surface area contributed by atoms with Crippen LogP contribution in [0, 0.1) is 0 Å². The van der Waals surface area contributed by atoms with E-state index in [1.807, 2.05) is 36.4 Å². The third-order valence-electron chi connectivity index (χ3n) is 3.14. The van der Waals surface area contributed by atoms with E-state index < -0.39 is 0 Å². The standard InChI is InChI=1S/C17H13Cl2N3O2/c18-13-6-5-12(15(19)9-13)10-23-14-3-1-2-11(8-14)4-7-16-21-22-17(20)24-16/h1-9H,10H2,(H2,20,22)/b7-4+. The number of hydrogen-bond donors (Lipinski definition) is 1. The lowest BCUT2D eigenvalue weighted by Crippen LogP contribution is -1.96. The van der Waals surface area contributed by atoms with Gasteiger partial charge in [0.1, 0.15) is 12.4 Å². The Morgan fingerprint density at radius 2 is 1.96 bits per heavy atom. The van der Waals surface area contributed by atoms with E-state index in [4.69, 9.17) is 38.1 Å². The predicted octanol–water partition coefficient (Wildman–Crippen LogP) is 4.71. The second-order valence-electron chi connectivity index (χ2n) is 4.91. The number of halogens is 2. The Morgan fingerprint density at radius 1 is 1.08 bits per heavy atom. The van der Waals surface area contributed by atoms with Crippen molar-refractivity contribution in [2.24, 2.45) is 0 Å². The Morgan fingerprint density at radius 3 is 2.71 bits per heavy atom. The number of ether oxygens (including phenoxy) is 1. The Balaban J connectivity index is 1.67. The highest BCUT2D eigenvalue weighted by Crippen LogP contribution is 2.23. The molecule has 1 heterocycles. The van der Waals surface area contributed by atoms with E-state index in [9.17, 15) is 0 Å². The van der Waals surface area contributed by atoms with Crippen LogP contribution in [-0.2, 0) is 6.61 Å². The van der Waals surface area contributed by atoms with Gasteiger partial charge in [-0.2, -0.15) is 0 Å². The largest absolute Gasteiger partial charge is 0.489 e. The number of nitrogens with zero attached hydrogens (tertiary/aromatic N) is 2. The molecule has 24 heavy (non-hydrogen) atoms. The molecule has 0 aliphatic heterocycles. The molecule has 0 spiro atoms. The van der Waals surface area contributed by atoms with E-state index in [0.29, 0.717) is 28.3 Å². The molecule has 5 nitrogen and oxygen atoms in total. The molecule has 3 aromatic rings. The van der Waals surface area contributed by atoms with Crippen LogP contribution in [0.1, 0.15) is 17.0 Å². The van der Waals surface area contributed by atoms with Crippen LogP contribution in [0.25, 0.3) is 12.2 Å². The van der Waals surface area contributed by atoms with Gasteiger partial charge in [-0.1, -0.05) is 46.5 Å².